The van der Waals surface area contributed by atoms with Crippen LogP contribution in [0.15, 0.2) is 11.4 Å². The van der Waals surface area contributed by atoms with Gasteiger partial charge in [0.2, 0.25) is 5.91 Å². The molecule has 1 aliphatic heterocycles. The number of nitrogens with one attached hydrogen (secondary N) is 1. The lowest BCUT2D eigenvalue weighted by Crippen LogP contribution is -2.43. The molecule has 1 N–H and O–H groups in total. The Hall–Kier alpha value is -0.520. The van der Waals surface area contributed by atoms with Gasteiger partial charge in [0.15, 0.2) is 0 Å². The van der Waals surface area contributed by atoms with Gasteiger partial charge in [-0.3, -0.25) is 4.79 Å². The summed E-state index contributed by atoms with van der Waals surface area (Å²) in [6.45, 7) is 4.24. The van der Waals surface area contributed by atoms with Gasteiger partial charge < -0.3 is 10.2 Å². The van der Waals surface area contributed by atoms with Crippen LogP contribution in [0, 0.1) is 0 Å². The molecule has 2 rings (SSSR count). The molecule has 18 heavy (non-hydrogen) atoms. The Labute approximate surface area is 117 Å². The predicted octanol–water partition coefficient (Wildman–Crippen LogP) is 1.97. The summed E-state index contributed by atoms with van der Waals surface area (Å²) >= 11 is 3.61. The third kappa shape index (κ3) is 3.49. The van der Waals surface area contributed by atoms with Crippen LogP contribution in [0.1, 0.15) is 17.4 Å². The number of thiophene rings is 1. The quantitative estimate of drug-likeness (QED) is 0.897. The third-order valence-electron chi connectivity index (χ3n) is 3.18. The molecule has 1 aromatic heterocycles. The van der Waals surface area contributed by atoms with E-state index in [1.165, 1.54) is 10.4 Å². The Balaban J connectivity index is 1.80. The summed E-state index contributed by atoms with van der Waals surface area (Å²) in [5, 5.41) is 5.41. The van der Waals surface area contributed by atoms with Crippen molar-refractivity contribution in [3.8, 4) is 0 Å². The first-order chi connectivity index (χ1) is 8.70. The highest BCUT2D eigenvalue weighted by atomic mass is 32.2. The molecular formula is C13H20N2OS2. The molecule has 1 atom stereocenters. The number of carbonyl (C=O) groups is 1. The van der Waals surface area contributed by atoms with Crippen molar-refractivity contribution in [3.63, 3.8) is 0 Å². The largest absolute Gasteiger partial charge is 0.337 e. The molecule has 0 saturated carbocycles. The van der Waals surface area contributed by atoms with E-state index in [1.807, 2.05) is 16.2 Å². The summed E-state index contributed by atoms with van der Waals surface area (Å²) < 4.78 is 0. The highest BCUT2D eigenvalue weighted by molar-refractivity contribution is 7.98. The molecule has 1 amide bonds. The van der Waals surface area contributed by atoms with Gasteiger partial charge in [0.05, 0.1) is 6.54 Å². The molecule has 0 aliphatic carbocycles. The van der Waals surface area contributed by atoms with Gasteiger partial charge in [0.25, 0.3) is 0 Å². The summed E-state index contributed by atoms with van der Waals surface area (Å²) in [6.07, 6.45) is 3.10. The molecule has 1 aliphatic rings. The van der Waals surface area contributed by atoms with Crippen LogP contribution in [0.3, 0.4) is 0 Å². The SMILES string of the molecule is CSCC(C)NCC(=O)N1CCc2sccc2C1. The molecule has 0 radical (unpaired) electrons. The highest BCUT2D eigenvalue weighted by Crippen LogP contribution is 2.23. The van der Waals surface area contributed by atoms with E-state index in [0.717, 1.165) is 25.3 Å². The monoisotopic (exact) mass is 284 g/mol. The fraction of sp³-hybridized carbons (Fsp3) is 0.615. The standard InChI is InChI=1S/C13H20N2OS2/c1-10(9-17-2)14-7-13(16)15-5-3-12-11(8-15)4-6-18-12/h4,6,10,14H,3,5,7-9H2,1-2H3. The lowest BCUT2D eigenvalue weighted by Gasteiger charge is -2.27. The molecule has 100 valence electrons. The fourth-order valence-electron chi connectivity index (χ4n) is 2.14. The van der Waals surface area contributed by atoms with Gasteiger partial charge in [-0.15, -0.1) is 11.3 Å². The van der Waals surface area contributed by atoms with Crippen LogP contribution in [0.5, 0.6) is 0 Å². The van der Waals surface area contributed by atoms with Gasteiger partial charge in [-0.05, 0) is 36.6 Å². The van der Waals surface area contributed by atoms with Gasteiger partial charge in [-0.1, -0.05) is 0 Å². The first-order valence-corrected chi connectivity index (χ1v) is 8.53. The molecule has 5 heteroatoms. The predicted molar refractivity (Wildman–Crippen MR) is 79.3 cm³/mol. The van der Waals surface area contributed by atoms with Crippen LogP contribution in [0.2, 0.25) is 0 Å². The zero-order valence-electron chi connectivity index (χ0n) is 10.9. The fourth-order valence-corrected chi connectivity index (χ4v) is 3.65. The molecule has 0 spiro atoms. The van der Waals surface area contributed by atoms with Crippen molar-refractivity contribution in [2.45, 2.75) is 25.9 Å². The minimum atomic E-state index is 0.222. The maximum atomic E-state index is 12.1. The molecule has 1 unspecified atom stereocenters. The van der Waals surface area contributed by atoms with Gasteiger partial charge in [-0.25, -0.2) is 0 Å². The number of hydrogen-bond donors (Lipinski definition) is 1. The number of thioether (sulfide) groups is 1. The minimum Gasteiger partial charge on any atom is -0.337 e. The Morgan fingerprint density at radius 2 is 2.50 bits per heavy atom. The van der Waals surface area contributed by atoms with Crippen LogP contribution in [0.25, 0.3) is 0 Å². The van der Waals surface area contributed by atoms with E-state index >= 15 is 0 Å². The van der Waals surface area contributed by atoms with Crippen molar-refractivity contribution in [1.82, 2.24) is 10.2 Å². The summed E-state index contributed by atoms with van der Waals surface area (Å²) in [5.74, 6) is 1.27. The summed E-state index contributed by atoms with van der Waals surface area (Å²) in [7, 11) is 0. The molecule has 2 heterocycles. The van der Waals surface area contributed by atoms with Crippen LogP contribution in [-0.4, -0.2) is 41.9 Å². The summed E-state index contributed by atoms with van der Waals surface area (Å²) in [5.41, 5.74) is 1.33. The lowest BCUT2D eigenvalue weighted by atomic mass is 10.1. The molecule has 0 bridgehead atoms. The Morgan fingerprint density at radius 1 is 1.67 bits per heavy atom. The van der Waals surface area contributed by atoms with E-state index in [2.05, 4.69) is 29.9 Å². The van der Waals surface area contributed by atoms with E-state index in [0.29, 0.717) is 12.6 Å². The van der Waals surface area contributed by atoms with Crippen LogP contribution in [-0.2, 0) is 17.8 Å². The van der Waals surface area contributed by atoms with Crippen molar-refractivity contribution < 1.29 is 4.79 Å². The first kappa shape index (κ1) is 13.9. The average Bonchev–Trinajstić information content (AvgIpc) is 2.83. The molecule has 0 saturated heterocycles. The molecular weight excluding hydrogens is 264 g/mol. The molecule has 0 fully saturated rings. The van der Waals surface area contributed by atoms with Gasteiger partial charge in [0, 0.05) is 29.8 Å². The summed E-state index contributed by atoms with van der Waals surface area (Å²) in [6, 6.07) is 2.54. The van der Waals surface area contributed by atoms with Crippen molar-refractivity contribution >= 4 is 29.0 Å². The third-order valence-corrected chi connectivity index (χ3v) is 5.04. The van der Waals surface area contributed by atoms with E-state index in [1.54, 1.807) is 11.8 Å². The molecule has 0 aromatic carbocycles. The zero-order valence-corrected chi connectivity index (χ0v) is 12.6. The number of carbonyl (C=O) groups excluding carboxylic acids is 1. The second-order valence-corrected chi connectivity index (χ2v) is 6.58. The van der Waals surface area contributed by atoms with E-state index in [-0.39, 0.29) is 5.91 Å². The van der Waals surface area contributed by atoms with Gasteiger partial charge >= 0.3 is 0 Å². The van der Waals surface area contributed by atoms with E-state index < -0.39 is 0 Å². The van der Waals surface area contributed by atoms with Crippen LogP contribution >= 0.6 is 23.1 Å². The maximum Gasteiger partial charge on any atom is 0.236 e. The number of fused-ring (bicyclic) bond motifs is 1. The zero-order chi connectivity index (χ0) is 13.0. The Bertz CT molecular complexity index is 405. The first-order valence-electron chi connectivity index (χ1n) is 6.26. The number of nitrogens with zero attached hydrogens (tertiary/aromatic N) is 1. The normalized spacial score (nSPS) is 16.4. The average molecular weight is 284 g/mol. The van der Waals surface area contributed by atoms with Crippen LogP contribution < -0.4 is 5.32 Å². The Morgan fingerprint density at radius 3 is 3.28 bits per heavy atom. The second-order valence-electron chi connectivity index (χ2n) is 4.67. The number of rotatable bonds is 5. The maximum absolute atomic E-state index is 12.1. The molecule has 1 aromatic rings. The lowest BCUT2D eigenvalue weighted by molar-refractivity contribution is -0.131. The smallest absolute Gasteiger partial charge is 0.236 e. The van der Waals surface area contributed by atoms with E-state index in [9.17, 15) is 4.79 Å². The van der Waals surface area contributed by atoms with Gasteiger partial charge in [0.1, 0.15) is 0 Å². The van der Waals surface area contributed by atoms with Crippen molar-refractivity contribution in [1.29, 1.82) is 0 Å². The number of amides is 1. The minimum absolute atomic E-state index is 0.222. The second kappa shape index (κ2) is 6.59. The highest BCUT2D eigenvalue weighted by Gasteiger charge is 2.21. The summed E-state index contributed by atoms with van der Waals surface area (Å²) in [4.78, 5) is 15.5. The Kier molecular flexibility index (Phi) is 5.09. The van der Waals surface area contributed by atoms with Crippen molar-refractivity contribution in [3.05, 3.63) is 21.9 Å². The van der Waals surface area contributed by atoms with Crippen molar-refractivity contribution in [2.75, 3.05) is 25.1 Å². The topological polar surface area (TPSA) is 32.3 Å². The van der Waals surface area contributed by atoms with E-state index in [4.69, 9.17) is 0 Å². The number of hydrogen-bond acceptors (Lipinski definition) is 4. The molecule has 3 nitrogen and oxygen atoms in total. The van der Waals surface area contributed by atoms with Gasteiger partial charge in [-0.2, -0.15) is 11.8 Å². The van der Waals surface area contributed by atoms with Crippen LogP contribution in [0.4, 0.5) is 0 Å². The van der Waals surface area contributed by atoms with Crippen molar-refractivity contribution in [2.24, 2.45) is 0 Å².